The second-order valence-corrected chi connectivity index (χ2v) is 2.81. The third kappa shape index (κ3) is 1.87. The molecule has 0 heterocycles. The summed E-state index contributed by atoms with van der Waals surface area (Å²) in [6.07, 6.45) is -3.51. The Morgan fingerprint density at radius 3 is 2.25 bits per heavy atom. The van der Waals surface area contributed by atoms with Crippen molar-refractivity contribution in [2.45, 2.75) is 25.9 Å². The van der Waals surface area contributed by atoms with E-state index in [1.807, 2.05) is 0 Å². The normalized spacial score (nSPS) is 19.6. The highest BCUT2D eigenvalue weighted by Crippen LogP contribution is 2.36. The molecule has 1 rings (SSSR count). The molecular formula is C8H8F4. The van der Waals surface area contributed by atoms with Crippen LogP contribution < -0.4 is 0 Å². The molecule has 0 saturated carbocycles. The molecule has 0 radical (unpaired) electrons. The lowest BCUT2D eigenvalue weighted by Crippen LogP contribution is -2.15. The van der Waals surface area contributed by atoms with Crippen molar-refractivity contribution in [3.8, 4) is 0 Å². The Hall–Kier alpha value is -0.800. The van der Waals surface area contributed by atoms with Gasteiger partial charge in [0.15, 0.2) is 0 Å². The highest BCUT2D eigenvalue weighted by atomic mass is 19.4. The first-order valence-electron chi connectivity index (χ1n) is 3.54. The molecule has 0 amide bonds. The molecule has 0 aromatic heterocycles. The molecule has 0 atom stereocenters. The van der Waals surface area contributed by atoms with E-state index in [4.69, 9.17) is 0 Å². The fourth-order valence-electron chi connectivity index (χ4n) is 1.09. The quantitative estimate of drug-likeness (QED) is 0.500. The molecule has 0 nitrogen and oxygen atoms in total. The molecule has 0 aromatic rings. The zero-order valence-electron chi connectivity index (χ0n) is 6.50. The van der Waals surface area contributed by atoms with Crippen LogP contribution in [0.2, 0.25) is 0 Å². The van der Waals surface area contributed by atoms with E-state index in [1.165, 1.54) is 0 Å². The first-order valence-corrected chi connectivity index (χ1v) is 3.54. The van der Waals surface area contributed by atoms with Crippen molar-refractivity contribution in [1.82, 2.24) is 0 Å². The Balaban J connectivity index is 2.98. The number of alkyl halides is 3. The molecule has 0 N–H and O–H groups in total. The summed E-state index contributed by atoms with van der Waals surface area (Å²) in [6.45, 7) is 1.62. The van der Waals surface area contributed by atoms with E-state index in [1.54, 1.807) is 6.92 Å². The second kappa shape index (κ2) is 2.92. The van der Waals surface area contributed by atoms with Crippen LogP contribution in [-0.4, -0.2) is 6.18 Å². The summed E-state index contributed by atoms with van der Waals surface area (Å²) in [5, 5.41) is 0. The van der Waals surface area contributed by atoms with Crippen molar-refractivity contribution in [3.63, 3.8) is 0 Å². The molecule has 0 aromatic carbocycles. The molecule has 1 aliphatic carbocycles. The van der Waals surface area contributed by atoms with Crippen LogP contribution in [0.1, 0.15) is 19.8 Å². The van der Waals surface area contributed by atoms with Gasteiger partial charge in [-0.25, -0.2) is 4.39 Å². The van der Waals surface area contributed by atoms with Crippen LogP contribution in [-0.2, 0) is 0 Å². The molecule has 68 valence electrons. The van der Waals surface area contributed by atoms with Gasteiger partial charge in [0.25, 0.3) is 0 Å². The van der Waals surface area contributed by atoms with Gasteiger partial charge in [0.1, 0.15) is 5.83 Å². The van der Waals surface area contributed by atoms with Gasteiger partial charge in [0.05, 0.1) is 5.57 Å². The van der Waals surface area contributed by atoms with Gasteiger partial charge in [-0.05, 0) is 25.8 Å². The molecular weight excluding hydrogens is 172 g/mol. The van der Waals surface area contributed by atoms with E-state index >= 15 is 0 Å². The van der Waals surface area contributed by atoms with E-state index in [0.717, 1.165) is 6.08 Å². The van der Waals surface area contributed by atoms with Crippen LogP contribution in [0.25, 0.3) is 0 Å². The van der Waals surface area contributed by atoms with Crippen molar-refractivity contribution in [1.29, 1.82) is 0 Å². The molecule has 12 heavy (non-hydrogen) atoms. The fourth-order valence-corrected chi connectivity index (χ4v) is 1.09. The monoisotopic (exact) mass is 180 g/mol. The Morgan fingerprint density at radius 1 is 1.25 bits per heavy atom. The van der Waals surface area contributed by atoms with Gasteiger partial charge in [-0.2, -0.15) is 13.2 Å². The van der Waals surface area contributed by atoms with Crippen molar-refractivity contribution in [2.24, 2.45) is 0 Å². The maximum atomic E-state index is 12.7. The molecule has 0 unspecified atom stereocenters. The minimum atomic E-state index is -4.51. The third-order valence-corrected chi connectivity index (χ3v) is 1.77. The topological polar surface area (TPSA) is 0 Å². The Kier molecular flexibility index (Phi) is 2.26. The fraction of sp³-hybridized carbons (Fsp3) is 0.500. The molecule has 0 fully saturated rings. The van der Waals surface area contributed by atoms with E-state index in [9.17, 15) is 17.6 Å². The average molecular weight is 180 g/mol. The van der Waals surface area contributed by atoms with Crippen LogP contribution >= 0.6 is 0 Å². The van der Waals surface area contributed by atoms with E-state index in [-0.39, 0.29) is 6.42 Å². The highest BCUT2D eigenvalue weighted by molar-refractivity contribution is 5.30. The standard InChI is InChI=1S/C8H8F4/c1-5-2-3-6(7(9)4-5)8(10,11)12/h4H,2-3H2,1H3. The first kappa shape index (κ1) is 9.29. The van der Waals surface area contributed by atoms with Gasteiger partial charge < -0.3 is 0 Å². The second-order valence-electron chi connectivity index (χ2n) is 2.81. The van der Waals surface area contributed by atoms with Crippen LogP contribution in [0, 0.1) is 0 Å². The van der Waals surface area contributed by atoms with Crippen molar-refractivity contribution in [3.05, 3.63) is 23.0 Å². The number of allylic oxidation sites excluding steroid dienone is 4. The van der Waals surface area contributed by atoms with Crippen molar-refractivity contribution < 1.29 is 17.6 Å². The zero-order chi connectivity index (χ0) is 9.35. The lowest BCUT2D eigenvalue weighted by Gasteiger charge is -2.16. The Morgan fingerprint density at radius 2 is 1.83 bits per heavy atom. The van der Waals surface area contributed by atoms with E-state index < -0.39 is 17.6 Å². The maximum absolute atomic E-state index is 12.7. The van der Waals surface area contributed by atoms with Gasteiger partial charge >= 0.3 is 6.18 Å². The van der Waals surface area contributed by atoms with E-state index in [0.29, 0.717) is 12.0 Å². The largest absolute Gasteiger partial charge is 0.415 e. The lowest BCUT2D eigenvalue weighted by atomic mass is 9.98. The summed E-state index contributed by atoms with van der Waals surface area (Å²) in [6, 6.07) is 0. The van der Waals surface area contributed by atoms with Gasteiger partial charge in [-0.15, -0.1) is 0 Å². The smallest absolute Gasteiger partial charge is 0.207 e. The molecule has 1 aliphatic rings. The zero-order valence-corrected chi connectivity index (χ0v) is 6.50. The Labute approximate surface area is 67.6 Å². The number of rotatable bonds is 0. The number of hydrogen-bond acceptors (Lipinski definition) is 0. The molecule has 0 saturated heterocycles. The van der Waals surface area contributed by atoms with Gasteiger partial charge in [0, 0.05) is 0 Å². The first-order chi connectivity index (χ1) is 5.41. The highest BCUT2D eigenvalue weighted by Gasteiger charge is 2.37. The van der Waals surface area contributed by atoms with Crippen molar-refractivity contribution >= 4 is 0 Å². The van der Waals surface area contributed by atoms with Crippen LogP contribution in [0.4, 0.5) is 17.6 Å². The van der Waals surface area contributed by atoms with Crippen molar-refractivity contribution in [2.75, 3.05) is 0 Å². The van der Waals surface area contributed by atoms with Gasteiger partial charge in [0.2, 0.25) is 0 Å². The maximum Gasteiger partial charge on any atom is 0.415 e. The predicted molar refractivity (Wildman–Crippen MR) is 37.2 cm³/mol. The SMILES string of the molecule is CC1=CC(F)=C(C(F)(F)F)CC1. The number of halogens is 4. The van der Waals surface area contributed by atoms with Gasteiger partial charge in [-0.3, -0.25) is 0 Å². The summed E-state index contributed by atoms with van der Waals surface area (Å²) in [4.78, 5) is 0. The van der Waals surface area contributed by atoms with E-state index in [2.05, 4.69) is 0 Å². The minimum Gasteiger partial charge on any atom is -0.207 e. The molecule has 0 spiro atoms. The Bertz CT molecular complexity index is 244. The summed E-state index contributed by atoms with van der Waals surface area (Å²) < 4.78 is 48.7. The molecule has 4 heteroatoms. The predicted octanol–water partition coefficient (Wildman–Crippen LogP) is 3.51. The summed E-state index contributed by atoms with van der Waals surface area (Å²) in [5.41, 5.74) is -0.381. The molecule has 0 bridgehead atoms. The summed E-state index contributed by atoms with van der Waals surface area (Å²) in [7, 11) is 0. The average Bonchev–Trinajstić information content (AvgIpc) is 1.83. The molecule has 0 aliphatic heterocycles. The van der Waals surface area contributed by atoms with Crippen LogP contribution in [0.5, 0.6) is 0 Å². The lowest BCUT2D eigenvalue weighted by molar-refractivity contribution is -0.0958. The van der Waals surface area contributed by atoms with Gasteiger partial charge in [-0.1, -0.05) is 5.57 Å². The van der Waals surface area contributed by atoms with Crippen LogP contribution in [0.15, 0.2) is 23.0 Å². The van der Waals surface area contributed by atoms with Crippen LogP contribution in [0.3, 0.4) is 0 Å². The number of hydrogen-bond donors (Lipinski definition) is 0. The minimum absolute atomic E-state index is 0.238. The third-order valence-electron chi connectivity index (χ3n) is 1.77. The summed E-state index contributed by atoms with van der Waals surface area (Å²) in [5.74, 6) is -1.13. The summed E-state index contributed by atoms with van der Waals surface area (Å²) >= 11 is 0.